The van der Waals surface area contributed by atoms with Crippen LogP contribution >= 0.6 is 0 Å². The smallest absolute Gasteiger partial charge is 0.319 e. The van der Waals surface area contributed by atoms with Crippen molar-refractivity contribution in [1.29, 1.82) is 0 Å². The topological polar surface area (TPSA) is 86.0 Å². The van der Waals surface area contributed by atoms with Crippen LogP contribution in [0.5, 0.6) is 0 Å². The van der Waals surface area contributed by atoms with Crippen molar-refractivity contribution in [2.24, 2.45) is 0 Å². The lowest BCUT2D eigenvalue weighted by atomic mass is 10.2. The maximum absolute atomic E-state index is 12.0. The second-order valence-electron chi connectivity index (χ2n) is 5.67. The third-order valence-corrected chi connectivity index (χ3v) is 3.77. The molecule has 0 fully saturated rings. The normalized spacial score (nSPS) is 10.4. The minimum atomic E-state index is -0.288. The number of H-pyrrole nitrogens is 1. The monoisotopic (exact) mass is 336 g/mol. The average Bonchev–Trinajstić information content (AvgIpc) is 3.04. The third-order valence-electron chi connectivity index (χ3n) is 3.77. The van der Waals surface area contributed by atoms with Gasteiger partial charge in [0, 0.05) is 29.0 Å². The molecule has 128 valence electrons. The molecule has 0 bridgehead atoms. The summed E-state index contributed by atoms with van der Waals surface area (Å²) >= 11 is 0. The fourth-order valence-corrected chi connectivity index (χ4v) is 2.47. The van der Waals surface area contributed by atoms with Gasteiger partial charge in [0.15, 0.2) is 0 Å². The Bertz CT molecular complexity index is 851. The Balaban J connectivity index is 1.52. The van der Waals surface area contributed by atoms with Gasteiger partial charge in [0.1, 0.15) is 0 Å². The SMILES string of the molecule is CCC(=O)Nc1ccc(NC(=O)NCc2cc3ccccc3[nH]2)cc1. The van der Waals surface area contributed by atoms with Crippen LogP contribution in [0.1, 0.15) is 19.0 Å². The Morgan fingerprint density at radius 1 is 0.960 bits per heavy atom. The first-order valence-corrected chi connectivity index (χ1v) is 8.15. The molecule has 25 heavy (non-hydrogen) atoms. The van der Waals surface area contributed by atoms with Crippen molar-refractivity contribution in [1.82, 2.24) is 10.3 Å². The molecule has 0 aliphatic carbocycles. The Morgan fingerprint density at radius 2 is 1.64 bits per heavy atom. The molecule has 0 atom stereocenters. The molecule has 3 amide bonds. The Labute approximate surface area is 145 Å². The van der Waals surface area contributed by atoms with Crippen LogP contribution in [0.4, 0.5) is 16.2 Å². The fourth-order valence-electron chi connectivity index (χ4n) is 2.47. The number of hydrogen-bond acceptors (Lipinski definition) is 2. The number of rotatable bonds is 5. The molecule has 0 aliphatic heterocycles. The van der Waals surface area contributed by atoms with Gasteiger partial charge >= 0.3 is 6.03 Å². The second kappa shape index (κ2) is 7.53. The molecule has 3 rings (SSSR count). The van der Waals surface area contributed by atoms with E-state index < -0.39 is 0 Å². The third kappa shape index (κ3) is 4.38. The number of carbonyl (C=O) groups is 2. The van der Waals surface area contributed by atoms with Gasteiger partial charge in [0.25, 0.3) is 0 Å². The summed E-state index contributed by atoms with van der Waals surface area (Å²) in [5.41, 5.74) is 3.35. The quantitative estimate of drug-likeness (QED) is 0.570. The summed E-state index contributed by atoms with van der Waals surface area (Å²) in [5, 5.41) is 9.45. The lowest BCUT2D eigenvalue weighted by Gasteiger charge is -2.08. The van der Waals surface area contributed by atoms with Gasteiger partial charge in [-0.05, 0) is 41.8 Å². The summed E-state index contributed by atoms with van der Waals surface area (Å²) in [6.45, 7) is 2.20. The van der Waals surface area contributed by atoms with Gasteiger partial charge in [0.05, 0.1) is 6.54 Å². The Kier molecular flexibility index (Phi) is 4.99. The molecule has 0 aliphatic rings. The van der Waals surface area contributed by atoms with Crippen molar-refractivity contribution in [3.8, 4) is 0 Å². The summed E-state index contributed by atoms with van der Waals surface area (Å²) in [7, 11) is 0. The molecular formula is C19H20N4O2. The van der Waals surface area contributed by atoms with Crippen molar-refractivity contribution < 1.29 is 9.59 Å². The highest BCUT2D eigenvalue weighted by atomic mass is 16.2. The van der Waals surface area contributed by atoms with E-state index in [1.807, 2.05) is 30.3 Å². The van der Waals surface area contributed by atoms with E-state index in [0.717, 1.165) is 16.6 Å². The summed E-state index contributed by atoms with van der Waals surface area (Å²) in [5.74, 6) is -0.0446. The molecule has 0 spiro atoms. The number of fused-ring (bicyclic) bond motifs is 1. The van der Waals surface area contributed by atoms with Crippen molar-refractivity contribution in [3.63, 3.8) is 0 Å². The molecule has 1 heterocycles. The summed E-state index contributed by atoms with van der Waals surface area (Å²) < 4.78 is 0. The van der Waals surface area contributed by atoms with Crippen molar-refractivity contribution >= 4 is 34.2 Å². The van der Waals surface area contributed by atoms with Crippen LogP contribution in [-0.4, -0.2) is 16.9 Å². The van der Waals surface area contributed by atoms with Crippen LogP contribution in [0.2, 0.25) is 0 Å². The van der Waals surface area contributed by atoms with Crippen LogP contribution in [0.15, 0.2) is 54.6 Å². The molecule has 6 heteroatoms. The number of aromatic nitrogens is 1. The van der Waals surface area contributed by atoms with Crippen LogP contribution < -0.4 is 16.0 Å². The average molecular weight is 336 g/mol. The first-order chi connectivity index (χ1) is 12.1. The van der Waals surface area contributed by atoms with E-state index >= 15 is 0 Å². The standard InChI is InChI=1S/C19H20N4O2/c1-2-18(24)22-14-7-9-15(10-8-14)23-19(25)20-12-16-11-13-5-3-4-6-17(13)21-16/h3-11,21H,2,12H2,1H3,(H,22,24)(H2,20,23,25). The highest BCUT2D eigenvalue weighted by molar-refractivity contribution is 5.92. The minimum absolute atomic E-state index is 0.0446. The van der Waals surface area contributed by atoms with Crippen molar-refractivity contribution in [2.75, 3.05) is 10.6 Å². The van der Waals surface area contributed by atoms with Gasteiger partial charge in [-0.2, -0.15) is 0 Å². The molecule has 4 N–H and O–H groups in total. The van der Waals surface area contributed by atoms with E-state index in [2.05, 4.69) is 20.9 Å². The number of carbonyl (C=O) groups excluding carboxylic acids is 2. The molecule has 0 unspecified atom stereocenters. The lowest BCUT2D eigenvalue weighted by Crippen LogP contribution is -2.28. The van der Waals surface area contributed by atoms with E-state index in [-0.39, 0.29) is 11.9 Å². The summed E-state index contributed by atoms with van der Waals surface area (Å²) in [6, 6.07) is 16.7. The molecule has 1 aromatic heterocycles. The lowest BCUT2D eigenvalue weighted by molar-refractivity contribution is -0.115. The number of hydrogen-bond donors (Lipinski definition) is 4. The molecule has 3 aromatic rings. The number of benzene rings is 2. The van der Waals surface area contributed by atoms with Crippen molar-refractivity contribution in [2.45, 2.75) is 19.9 Å². The highest BCUT2D eigenvalue weighted by Crippen LogP contribution is 2.15. The summed E-state index contributed by atoms with van der Waals surface area (Å²) in [4.78, 5) is 26.6. The molecule has 0 radical (unpaired) electrons. The predicted octanol–water partition coefficient (Wildman–Crippen LogP) is 3.84. The van der Waals surface area contributed by atoms with E-state index in [1.165, 1.54) is 0 Å². The number of amides is 3. The van der Waals surface area contributed by atoms with Gasteiger partial charge < -0.3 is 20.9 Å². The molecule has 0 saturated carbocycles. The van der Waals surface area contributed by atoms with E-state index in [0.29, 0.717) is 24.3 Å². The maximum atomic E-state index is 12.0. The van der Waals surface area contributed by atoms with E-state index in [9.17, 15) is 9.59 Å². The fraction of sp³-hybridized carbons (Fsp3) is 0.158. The Hall–Kier alpha value is -3.28. The van der Waals surface area contributed by atoms with Gasteiger partial charge in [-0.25, -0.2) is 4.79 Å². The highest BCUT2D eigenvalue weighted by Gasteiger charge is 2.05. The number of anilines is 2. The molecule has 2 aromatic carbocycles. The van der Waals surface area contributed by atoms with Crippen LogP contribution in [0, 0.1) is 0 Å². The minimum Gasteiger partial charge on any atom is -0.357 e. The van der Waals surface area contributed by atoms with Gasteiger partial charge in [0.2, 0.25) is 5.91 Å². The first kappa shape index (κ1) is 16.6. The van der Waals surface area contributed by atoms with Crippen molar-refractivity contribution in [3.05, 3.63) is 60.3 Å². The van der Waals surface area contributed by atoms with Gasteiger partial charge in [-0.15, -0.1) is 0 Å². The zero-order valence-electron chi connectivity index (χ0n) is 13.9. The molecular weight excluding hydrogens is 316 g/mol. The largest absolute Gasteiger partial charge is 0.357 e. The van der Waals surface area contributed by atoms with Crippen LogP contribution in [0.3, 0.4) is 0 Å². The van der Waals surface area contributed by atoms with Gasteiger partial charge in [-0.1, -0.05) is 25.1 Å². The van der Waals surface area contributed by atoms with Crippen LogP contribution in [0.25, 0.3) is 10.9 Å². The second-order valence-corrected chi connectivity index (χ2v) is 5.67. The van der Waals surface area contributed by atoms with E-state index in [1.54, 1.807) is 31.2 Å². The molecule has 0 saturated heterocycles. The predicted molar refractivity (Wildman–Crippen MR) is 99.5 cm³/mol. The van der Waals surface area contributed by atoms with E-state index in [4.69, 9.17) is 0 Å². The number of aromatic amines is 1. The van der Waals surface area contributed by atoms with Crippen LogP contribution in [-0.2, 0) is 11.3 Å². The zero-order chi connectivity index (χ0) is 17.6. The maximum Gasteiger partial charge on any atom is 0.319 e. The first-order valence-electron chi connectivity index (χ1n) is 8.15. The molecule has 6 nitrogen and oxygen atoms in total. The Morgan fingerprint density at radius 3 is 2.32 bits per heavy atom. The zero-order valence-corrected chi connectivity index (χ0v) is 13.9. The number of nitrogens with one attached hydrogen (secondary N) is 4. The van der Waals surface area contributed by atoms with Gasteiger partial charge in [-0.3, -0.25) is 4.79 Å². The number of urea groups is 1. The summed E-state index contributed by atoms with van der Waals surface area (Å²) in [6.07, 6.45) is 0.427. The number of para-hydroxylation sites is 1.